The van der Waals surface area contributed by atoms with Gasteiger partial charge in [-0.2, -0.15) is 0 Å². The second-order valence-electron chi connectivity index (χ2n) is 7.25. The quantitative estimate of drug-likeness (QED) is 0.393. The standard InChI is InChI=1S/C24H20F2N4O2S/c25-18-6-7-22(21(26)14-18)30(15-20-5-2-12-33-20)24(32)17-3-1-4-19(13-17)28-23(31)8-10-29-11-9-27-16-29/h1-7,9,11-14,16H,8,10,15H2,(H,28,31). The van der Waals surface area contributed by atoms with E-state index in [1.54, 1.807) is 47.6 Å². The predicted molar refractivity (Wildman–Crippen MR) is 123 cm³/mol. The van der Waals surface area contributed by atoms with Gasteiger partial charge in [0, 0.05) is 47.6 Å². The molecule has 0 aliphatic carbocycles. The maximum Gasteiger partial charge on any atom is 0.258 e. The van der Waals surface area contributed by atoms with E-state index in [9.17, 15) is 18.4 Å². The third-order valence-corrected chi connectivity index (χ3v) is 5.75. The highest BCUT2D eigenvalue weighted by Gasteiger charge is 2.22. The first-order chi connectivity index (χ1) is 16.0. The van der Waals surface area contributed by atoms with Crippen molar-refractivity contribution < 1.29 is 18.4 Å². The van der Waals surface area contributed by atoms with E-state index in [4.69, 9.17) is 0 Å². The Morgan fingerprint density at radius 2 is 1.97 bits per heavy atom. The number of hydrogen-bond acceptors (Lipinski definition) is 4. The lowest BCUT2D eigenvalue weighted by molar-refractivity contribution is -0.116. The number of benzene rings is 2. The number of anilines is 2. The van der Waals surface area contributed by atoms with Crippen molar-refractivity contribution in [3.05, 3.63) is 101 Å². The number of aryl methyl sites for hydroxylation is 1. The van der Waals surface area contributed by atoms with Crippen molar-refractivity contribution in [1.29, 1.82) is 0 Å². The number of imidazole rings is 1. The van der Waals surface area contributed by atoms with Crippen LogP contribution in [0.3, 0.4) is 0 Å². The molecule has 2 heterocycles. The van der Waals surface area contributed by atoms with Crippen molar-refractivity contribution in [3.63, 3.8) is 0 Å². The van der Waals surface area contributed by atoms with Crippen LogP contribution in [0.1, 0.15) is 21.7 Å². The number of rotatable bonds is 8. The molecule has 0 aliphatic heterocycles. The lowest BCUT2D eigenvalue weighted by Crippen LogP contribution is -2.31. The predicted octanol–water partition coefficient (Wildman–Crippen LogP) is 5.10. The zero-order chi connectivity index (χ0) is 23.2. The first-order valence-electron chi connectivity index (χ1n) is 10.1. The van der Waals surface area contributed by atoms with Gasteiger partial charge in [-0.25, -0.2) is 13.8 Å². The third-order valence-electron chi connectivity index (χ3n) is 4.89. The van der Waals surface area contributed by atoms with Crippen molar-refractivity contribution in [2.24, 2.45) is 0 Å². The van der Waals surface area contributed by atoms with E-state index >= 15 is 0 Å². The summed E-state index contributed by atoms with van der Waals surface area (Å²) in [6, 6.07) is 13.2. The first-order valence-corrected chi connectivity index (χ1v) is 11.0. The molecular weight excluding hydrogens is 446 g/mol. The normalized spacial score (nSPS) is 10.7. The number of halogens is 2. The summed E-state index contributed by atoms with van der Waals surface area (Å²) >= 11 is 1.43. The summed E-state index contributed by atoms with van der Waals surface area (Å²) in [6.45, 7) is 0.601. The molecule has 0 unspecified atom stereocenters. The Morgan fingerprint density at radius 3 is 2.70 bits per heavy atom. The zero-order valence-electron chi connectivity index (χ0n) is 17.4. The van der Waals surface area contributed by atoms with E-state index in [-0.39, 0.29) is 30.1 Å². The molecule has 6 nitrogen and oxygen atoms in total. The number of nitrogens with one attached hydrogen (secondary N) is 1. The molecule has 4 rings (SSSR count). The van der Waals surface area contributed by atoms with E-state index < -0.39 is 17.5 Å². The molecular formula is C24H20F2N4O2S. The van der Waals surface area contributed by atoms with Gasteiger partial charge in [-0.05, 0) is 41.8 Å². The van der Waals surface area contributed by atoms with Gasteiger partial charge in [0.2, 0.25) is 5.91 Å². The van der Waals surface area contributed by atoms with Gasteiger partial charge in [-0.15, -0.1) is 11.3 Å². The van der Waals surface area contributed by atoms with Crippen LogP contribution in [0.5, 0.6) is 0 Å². The molecule has 0 bridgehead atoms. The fraction of sp³-hybridized carbons (Fsp3) is 0.125. The lowest BCUT2D eigenvalue weighted by Gasteiger charge is -2.23. The van der Waals surface area contributed by atoms with Crippen LogP contribution < -0.4 is 10.2 Å². The highest BCUT2D eigenvalue weighted by molar-refractivity contribution is 7.09. The van der Waals surface area contributed by atoms with Crippen molar-refractivity contribution in [2.75, 3.05) is 10.2 Å². The Bertz CT molecular complexity index is 1240. The monoisotopic (exact) mass is 466 g/mol. The van der Waals surface area contributed by atoms with Gasteiger partial charge in [0.25, 0.3) is 5.91 Å². The first kappa shape index (κ1) is 22.3. The smallest absolute Gasteiger partial charge is 0.258 e. The topological polar surface area (TPSA) is 67.2 Å². The third kappa shape index (κ3) is 5.69. The summed E-state index contributed by atoms with van der Waals surface area (Å²) in [4.78, 5) is 31.7. The lowest BCUT2D eigenvalue weighted by atomic mass is 10.1. The Kier molecular flexibility index (Phi) is 6.89. The number of thiophene rings is 1. The average molecular weight is 467 g/mol. The van der Waals surface area contributed by atoms with E-state index in [0.29, 0.717) is 12.2 Å². The van der Waals surface area contributed by atoms with Crippen LogP contribution in [-0.4, -0.2) is 21.4 Å². The molecule has 0 spiro atoms. The van der Waals surface area contributed by atoms with Crippen LogP contribution in [0, 0.1) is 11.6 Å². The SMILES string of the molecule is O=C(CCn1ccnc1)Nc1cccc(C(=O)N(Cc2cccs2)c2ccc(F)cc2F)c1. The number of carbonyl (C=O) groups is 2. The summed E-state index contributed by atoms with van der Waals surface area (Å²) in [5, 5.41) is 4.64. The maximum atomic E-state index is 14.6. The van der Waals surface area contributed by atoms with E-state index in [1.165, 1.54) is 22.3 Å². The molecule has 0 radical (unpaired) electrons. The summed E-state index contributed by atoms with van der Waals surface area (Å²) < 4.78 is 29.8. The number of aromatic nitrogens is 2. The van der Waals surface area contributed by atoms with Gasteiger partial charge < -0.3 is 14.8 Å². The Morgan fingerprint density at radius 1 is 1.09 bits per heavy atom. The fourth-order valence-corrected chi connectivity index (χ4v) is 3.98. The maximum absolute atomic E-state index is 14.6. The summed E-state index contributed by atoms with van der Waals surface area (Å²) in [7, 11) is 0. The van der Waals surface area contributed by atoms with Crippen molar-refractivity contribution in [1.82, 2.24) is 9.55 Å². The summed E-state index contributed by atoms with van der Waals surface area (Å²) in [5.74, 6) is -2.24. The second kappa shape index (κ2) is 10.2. The van der Waals surface area contributed by atoms with Gasteiger partial charge in [-0.3, -0.25) is 9.59 Å². The van der Waals surface area contributed by atoms with Gasteiger partial charge >= 0.3 is 0 Å². The Balaban J connectivity index is 1.54. The highest BCUT2D eigenvalue weighted by Crippen LogP contribution is 2.26. The van der Waals surface area contributed by atoms with Crippen molar-refractivity contribution >= 4 is 34.5 Å². The zero-order valence-corrected chi connectivity index (χ0v) is 18.3. The van der Waals surface area contributed by atoms with Crippen molar-refractivity contribution in [2.45, 2.75) is 19.5 Å². The van der Waals surface area contributed by atoms with Crippen molar-refractivity contribution in [3.8, 4) is 0 Å². The molecule has 0 saturated carbocycles. The van der Waals surface area contributed by atoms with Gasteiger partial charge in [-0.1, -0.05) is 12.1 Å². The van der Waals surface area contributed by atoms with Gasteiger partial charge in [0.15, 0.2) is 0 Å². The molecule has 0 aliphatic rings. The number of carbonyl (C=O) groups excluding carboxylic acids is 2. The van der Waals surface area contributed by atoms with Crippen LogP contribution in [0.25, 0.3) is 0 Å². The molecule has 2 aromatic carbocycles. The molecule has 1 N–H and O–H groups in total. The molecule has 0 saturated heterocycles. The fourth-order valence-electron chi connectivity index (χ4n) is 3.28. The number of nitrogens with zero attached hydrogens (tertiary/aromatic N) is 3. The van der Waals surface area contributed by atoms with E-state index in [1.807, 2.05) is 17.5 Å². The number of hydrogen-bond donors (Lipinski definition) is 1. The molecule has 0 atom stereocenters. The molecule has 0 fully saturated rings. The summed E-state index contributed by atoms with van der Waals surface area (Å²) in [5.41, 5.74) is 0.694. The molecule has 4 aromatic rings. The van der Waals surface area contributed by atoms with E-state index in [0.717, 1.165) is 17.0 Å². The largest absolute Gasteiger partial charge is 0.337 e. The molecule has 9 heteroatoms. The van der Waals surface area contributed by atoms with Crippen LogP contribution in [0.4, 0.5) is 20.2 Å². The van der Waals surface area contributed by atoms with Crippen LogP contribution in [-0.2, 0) is 17.9 Å². The minimum absolute atomic E-state index is 0.0235. The van der Waals surface area contributed by atoms with E-state index in [2.05, 4.69) is 10.3 Å². The van der Waals surface area contributed by atoms with Gasteiger partial charge in [0.1, 0.15) is 11.6 Å². The van der Waals surface area contributed by atoms with Crippen LogP contribution in [0.15, 0.2) is 78.7 Å². The van der Waals surface area contributed by atoms with Crippen LogP contribution in [0.2, 0.25) is 0 Å². The molecule has 2 aromatic heterocycles. The molecule has 2 amide bonds. The molecule has 33 heavy (non-hydrogen) atoms. The molecule has 168 valence electrons. The second-order valence-corrected chi connectivity index (χ2v) is 8.28. The minimum Gasteiger partial charge on any atom is -0.337 e. The van der Waals surface area contributed by atoms with Crippen LogP contribution >= 0.6 is 11.3 Å². The Hall–Kier alpha value is -3.85. The average Bonchev–Trinajstić information content (AvgIpc) is 3.51. The van der Waals surface area contributed by atoms with Gasteiger partial charge in [0.05, 0.1) is 18.6 Å². The highest BCUT2D eigenvalue weighted by atomic mass is 32.1. The summed E-state index contributed by atoms with van der Waals surface area (Å²) in [6.07, 6.45) is 5.27. The number of amides is 2. The Labute approximate surface area is 193 Å². The minimum atomic E-state index is -0.830.